The van der Waals surface area contributed by atoms with Gasteiger partial charge in [0.05, 0.1) is 6.42 Å². The van der Waals surface area contributed by atoms with Crippen molar-refractivity contribution >= 4 is 12.0 Å². The summed E-state index contributed by atoms with van der Waals surface area (Å²) in [6.07, 6.45) is 3.99. The van der Waals surface area contributed by atoms with Gasteiger partial charge >= 0.3 is 5.97 Å². The monoisotopic (exact) mass is 218 g/mol. The number of benzene rings is 1. The molecule has 1 aromatic carbocycles. The summed E-state index contributed by atoms with van der Waals surface area (Å²) in [5.41, 5.74) is 1.44. The molecule has 1 N–H and O–H groups in total. The van der Waals surface area contributed by atoms with E-state index >= 15 is 0 Å². The summed E-state index contributed by atoms with van der Waals surface area (Å²) in [5, 5.41) is 8.70. The van der Waals surface area contributed by atoms with E-state index in [4.69, 9.17) is 9.84 Å². The van der Waals surface area contributed by atoms with E-state index in [2.05, 4.69) is 0 Å². The SMILES string of the molecule is CC1(C)C=Cc2cc(CC(=O)O)ccc2O1. The first-order chi connectivity index (χ1) is 7.46. The molecular formula is C13H14O3. The first kappa shape index (κ1) is 10.7. The highest BCUT2D eigenvalue weighted by atomic mass is 16.5. The predicted octanol–water partition coefficient (Wildman–Crippen LogP) is 2.50. The summed E-state index contributed by atoms with van der Waals surface area (Å²) in [6, 6.07) is 5.48. The largest absolute Gasteiger partial charge is 0.483 e. The Labute approximate surface area is 94.4 Å². The van der Waals surface area contributed by atoms with E-state index in [0.29, 0.717) is 0 Å². The number of rotatable bonds is 2. The van der Waals surface area contributed by atoms with E-state index in [-0.39, 0.29) is 12.0 Å². The van der Waals surface area contributed by atoms with Crippen molar-refractivity contribution in [1.82, 2.24) is 0 Å². The molecule has 3 heteroatoms. The number of hydrogen-bond donors (Lipinski definition) is 1. The van der Waals surface area contributed by atoms with Crippen LogP contribution in [0.5, 0.6) is 5.75 Å². The smallest absolute Gasteiger partial charge is 0.307 e. The number of hydrogen-bond acceptors (Lipinski definition) is 2. The molecule has 16 heavy (non-hydrogen) atoms. The zero-order chi connectivity index (χ0) is 11.8. The van der Waals surface area contributed by atoms with E-state index in [1.54, 1.807) is 6.07 Å². The van der Waals surface area contributed by atoms with Gasteiger partial charge in [-0.3, -0.25) is 4.79 Å². The van der Waals surface area contributed by atoms with Gasteiger partial charge in [0.15, 0.2) is 0 Å². The number of fused-ring (bicyclic) bond motifs is 1. The van der Waals surface area contributed by atoms with Gasteiger partial charge in [-0.1, -0.05) is 12.1 Å². The summed E-state index contributed by atoms with van der Waals surface area (Å²) < 4.78 is 5.75. The van der Waals surface area contributed by atoms with Gasteiger partial charge in [0.1, 0.15) is 11.4 Å². The third-order valence-corrected chi connectivity index (χ3v) is 2.47. The first-order valence-electron chi connectivity index (χ1n) is 5.19. The first-order valence-corrected chi connectivity index (χ1v) is 5.19. The average Bonchev–Trinajstić information content (AvgIpc) is 2.16. The van der Waals surface area contributed by atoms with Gasteiger partial charge in [-0.05, 0) is 37.6 Å². The van der Waals surface area contributed by atoms with Crippen LogP contribution in [0.3, 0.4) is 0 Å². The third kappa shape index (κ3) is 2.24. The second-order valence-electron chi connectivity index (χ2n) is 4.48. The van der Waals surface area contributed by atoms with Crippen LogP contribution in [0, 0.1) is 0 Å². The van der Waals surface area contributed by atoms with Crippen LogP contribution in [0.2, 0.25) is 0 Å². The van der Waals surface area contributed by atoms with Crippen molar-refractivity contribution < 1.29 is 14.6 Å². The van der Waals surface area contributed by atoms with E-state index in [1.807, 2.05) is 38.1 Å². The molecule has 0 radical (unpaired) electrons. The molecule has 1 aliphatic heterocycles. The van der Waals surface area contributed by atoms with E-state index in [1.165, 1.54) is 0 Å². The normalized spacial score (nSPS) is 16.4. The Bertz CT molecular complexity index is 458. The number of carbonyl (C=O) groups is 1. The van der Waals surface area contributed by atoms with Gasteiger partial charge in [0, 0.05) is 5.56 Å². The highest BCUT2D eigenvalue weighted by molar-refractivity contribution is 5.71. The van der Waals surface area contributed by atoms with Crippen LogP contribution in [0.25, 0.3) is 6.08 Å². The second-order valence-corrected chi connectivity index (χ2v) is 4.48. The Morgan fingerprint density at radius 1 is 1.44 bits per heavy atom. The van der Waals surface area contributed by atoms with Crippen molar-refractivity contribution in [2.24, 2.45) is 0 Å². The molecule has 0 saturated heterocycles. The number of carboxylic acid groups (broad SMARTS) is 1. The summed E-state index contributed by atoms with van der Waals surface area (Å²) in [5.74, 6) is -0.0115. The minimum atomic E-state index is -0.819. The molecule has 3 nitrogen and oxygen atoms in total. The molecule has 84 valence electrons. The standard InChI is InChI=1S/C13H14O3/c1-13(2)6-5-10-7-9(8-12(14)15)3-4-11(10)16-13/h3-7H,8H2,1-2H3,(H,14,15). The van der Waals surface area contributed by atoms with Crippen molar-refractivity contribution in [3.63, 3.8) is 0 Å². The fourth-order valence-corrected chi connectivity index (χ4v) is 1.71. The second kappa shape index (κ2) is 3.67. The van der Waals surface area contributed by atoms with Crippen molar-refractivity contribution in [2.75, 3.05) is 0 Å². The lowest BCUT2D eigenvalue weighted by atomic mass is 10.00. The molecule has 0 spiro atoms. The third-order valence-electron chi connectivity index (χ3n) is 2.47. The lowest BCUT2D eigenvalue weighted by Crippen LogP contribution is -2.27. The van der Waals surface area contributed by atoms with Gasteiger partial charge in [0.2, 0.25) is 0 Å². The molecule has 0 bridgehead atoms. The highest BCUT2D eigenvalue weighted by Crippen LogP contribution is 2.31. The van der Waals surface area contributed by atoms with Gasteiger partial charge in [-0.2, -0.15) is 0 Å². The molecule has 2 rings (SSSR count). The summed E-state index contributed by atoms with van der Waals surface area (Å²) in [6.45, 7) is 3.97. The lowest BCUT2D eigenvalue weighted by Gasteiger charge is -2.27. The van der Waals surface area contributed by atoms with Gasteiger partial charge < -0.3 is 9.84 Å². The number of aliphatic carboxylic acids is 1. The number of carboxylic acids is 1. The highest BCUT2D eigenvalue weighted by Gasteiger charge is 2.21. The number of ether oxygens (including phenoxy) is 1. The van der Waals surface area contributed by atoms with Crippen LogP contribution in [0.15, 0.2) is 24.3 Å². The van der Waals surface area contributed by atoms with Gasteiger partial charge in [0.25, 0.3) is 0 Å². The van der Waals surface area contributed by atoms with E-state index < -0.39 is 5.97 Å². The molecule has 0 atom stereocenters. The fraction of sp³-hybridized carbons (Fsp3) is 0.308. The molecule has 0 unspecified atom stereocenters. The Hall–Kier alpha value is -1.77. The van der Waals surface area contributed by atoms with Crippen molar-refractivity contribution in [3.05, 3.63) is 35.4 Å². The Morgan fingerprint density at radius 3 is 2.88 bits per heavy atom. The van der Waals surface area contributed by atoms with Crippen LogP contribution in [0.4, 0.5) is 0 Å². The summed E-state index contributed by atoms with van der Waals surface area (Å²) in [7, 11) is 0. The molecule has 0 fully saturated rings. The molecule has 1 aromatic rings. The van der Waals surface area contributed by atoms with Crippen molar-refractivity contribution in [3.8, 4) is 5.75 Å². The molecule has 0 aromatic heterocycles. The molecule has 0 aliphatic carbocycles. The van der Waals surface area contributed by atoms with Crippen LogP contribution in [-0.4, -0.2) is 16.7 Å². The molecule has 1 aliphatic rings. The predicted molar refractivity (Wildman–Crippen MR) is 61.5 cm³/mol. The Morgan fingerprint density at radius 2 is 2.19 bits per heavy atom. The fourth-order valence-electron chi connectivity index (χ4n) is 1.71. The maximum Gasteiger partial charge on any atom is 0.307 e. The zero-order valence-corrected chi connectivity index (χ0v) is 9.36. The zero-order valence-electron chi connectivity index (χ0n) is 9.36. The minimum Gasteiger partial charge on any atom is -0.483 e. The van der Waals surface area contributed by atoms with E-state index in [9.17, 15) is 4.79 Å². The van der Waals surface area contributed by atoms with Crippen molar-refractivity contribution in [1.29, 1.82) is 0 Å². The van der Waals surface area contributed by atoms with E-state index in [0.717, 1.165) is 16.9 Å². The van der Waals surface area contributed by atoms with Crippen LogP contribution < -0.4 is 4.74 Å². The summed E-state index contributed by atoms with van der Waals surface area (Å²) in [4.78, 5) is 10.6. The molecule has 0 amide bonds. The van der Waals surface area contributed by atoms with Crippen molar-refractivity contribution in [2.45, 2.75) is 25.9 Å². The maximum absolute atomic E-state index is 10.6. The molecular weight excluding hydrogens is 204 g/mol. The van der Waals surface area contributed by atoms with Gasteiger partial charge in [-0.15, -0.1) is 0 Å². The van der Waals surface area contributed by atoms with Crippen LogP contribution in [-0.2, 0) is 11.2 Å². The molecule has 0 saturated carbocycles. The quantitative estimate of drug-likeness (QED) is 0.829. The summed E-state index contributed by atoms with van der Waals surface area (Å²) >= 11 is 0. The minimum absolute atomic E-state index is 0.0461. The Kier molecular flexibility index (Phi) is 2.46. The van der Waals surface area contributed by atoms with Gasteiger partial charge in [-0.25, -0.2) is 0 Å². The topological polar surface area (TPSA) is 46.5 Å². The molecule has 1 heterocycles. The van der Waals surface area contributed by atoms with Crippen LogP contribution >= 0.6 is 0 Å². The lowest BCUT2D eigenvalue weighted by molar-refractivity contribution is -0.136. The Balaban J connectivity index is 2.31. The maximum atomic E-state index is 10.6. The average molecular weight is 218 g/mol. The van der Waals surface area contributed by atoms with Crippen LogP contribution in [0.1, 0.15) is 25.0 Å².